The molecule has 4 nitrogen and oxygen atoms in total. The maximum atomic E-state index is 12.4. The second-order valence-corrected chi connectivity index (χ2v) is 4.89. The Balaban J connectivity index is 2.85. The molecule has 0 aliphatic rings. The molecule has 0 bridgehead atoms. The zero-order valence-electron chi connectivity index (χ0n) is 12.1. The second-order valence-electron chi connectivity index (χ2n) is 4.89. The highest BCUT2D eigenvalue weighted by Crippen LogP contribution is 2.10. The van der Waals surface area contributed by atoms with Gasteiger partial charge in [0.05, 0.1) is 11.6 Å². The molecule has 19 heavy (non-hydrogen) atoms. The molecular formula is C15H21N3O. The fraction of sp³-hybridized carbons (Fsp3) is 0.467. The number of nitriles is 1. The Morgan fingerprint density at radius 3 is 2.32 bits per heavy atom. The van der Waals surface area contributed by atoms with Gasteiger partial charge in [0.25, 0.3) is 5.91 Å². The summed E-state index contributed by atoms with van der Waals surface area (Å²) in [5, 5.41) is 8.76. The lowest BCUT2D eigenvalue weighted by Crippen LogP contribution is -2.43. The molecule has 1 rings (SSSR count). The summed E-state index contributed by atoms with van der Waals surface area (Å²) >= 11 is 0. The minimum atomic E-state index is 0.0151. The van der Waals surface area contributed by atoms with Gasteiger partial charge in [-0.15, -0.1) is 0 Å². The topological polar surface area (TPSA) is 47.3 Å². The van der Waals surface area contributed by atoms with Crippen LogP contribution in [0, 0.1) is 11.3 Å². The molecule has 1 atom stereocenters. The van der Waals surface area contributed by atoms with Crippen LogP contribution in [0.1, 0.15) is 29.8 Å². The van der Waals surface area contributed by atoms with E-state index in [-0.39, 0.29) is 11.9 Å². The van der Waals surface area contributed by atoms with Crippen molar-refractivity contribution >= 4 is 5.91 Å². The average Bonchev–Trinajstić information content (AvgIpc) is 2.38. The molecule has 0 aliphatic carbocycles. The van der Waals surface area contributed by atoms with Crippen LogP contribution in [0.15, 0.2) is 24.3 Å². The molecule has 0 saturated heterocycles. The normalized spacial score (nSPS) is 12.0. The Bertz CT molecular complexity index is 459. The van der Waals surface area contributed by atoms with Crippen molar-refractivity contribution in [2.75, 3.05) is 27.2 Å². The molecular weight excluding hydrogens is 238 g/mol. The van der Waals surface area contributed by atoms with Crippen molar-refractivity contribution in [3.05, 3.63) is 35.4 Å². The minimum absolute atomic E-state index is 0.0151. The predicted octanol–water partition coefficient (Wildman–Crippen LogP) is 1.97. The van der Waals surface area contributed by atoms with E-state index in [0.717, 1.165) is 6.54 Å². The van der Waals surface area contributed by atoms with E-state index >= 15 is 0 Å². The molecule has 0 fully saturated rings. The van der Waals surface area contributed by atoms with E-state index in [1.165, 1.54) is 0 Å². The lowest BCUT2D eigenvalue weighted by atomic mass is 10.1. The van der Waals surface area contributed by atoms with Crippen LogP contribution in [-0.2, 0) is 0 Å². The molecule has 0 saturated carbocycles. The van der Waals surface area contributed by atoms with E-state index in [0.29, 0.717) is 17.7 Å². The number of nitrogens with zero attached hydrogens (tertiary/aromatic N) is 3. The zero-order valence-corrected chi connectivity index (χ0v) is 12.1. The molecule has 0 N–H and O–H groups in total. The quantitative estimate of drug-likeness (QED) is 0.812. The third-order valence-corrected chi connectivity index (χ3v) is 3.02. The van der Waals surface area contributed by atoms with Crippen LogP contribution >= 0.6 is 0 Å². The lowest BCUT2D eigenvalue weighted by Gasteiger charge is -2.30. The van der Waals surface area contributed by atoms with Gasteiger partial charge in [-0.05, 0) is 52.2 Å². The van der Waals surface area contributed by atoms with E-state index in [9.17, 15) is 4.79 Å². The van der Waals surface area contributed by atoms with Gasteiger partial charge < -0.3 is 9.80 Å². The SMILES string of the molecule is CCN(C(=O)c1ccc(C#N)cc1)C(C)CN(C)C. The summed E-state index contributed by atoms with van der Waals surface area (Å²) < 4.78 is 0. The predicted molar refractivity (Wildman–Crippen MR) is 75.9 cm³/mol. The Kier molecular flexibility index (Phi) is 5.53. The first kappa shape index (κ1) is 15.2. The summed E-state index contributed by atoms with van der Waals surface area (Å²) in [5.41, 5.74) is 1.20. The summed E-state index contributed by atoms with van der Waals surface area (Å²) in [6.07, 6.45) is 0. The van der Waals surface area contributed by atoms with Crippen molar-refractivity contribution in [3.63, 3.8) is 0 Å². The molecule has 0 spiro atoms. The van der Waals surface area contributed by atoms with Crippen molar-refractivity contribution in [2.45, 2.75) is 19.9 Å². The van der Waals surface area contributed by atoms with Gasteiger partial charge in [-0.2, -0.15) is 5.26 Å². The molecule has 0 radical (unpaired) electrons. The molecule has 1 amide bonds. The number of likely N-dealkylation sites (N-methyl/N-ethyl adjacent to an activating group) is 2. The van der Waals surface area contributed by atoms with Crippen molar-refractivity contribution in [1.82, 2.24) is 9.80 Å². The molecule has 1 aromatic rings. The molecule has 1 aromatic carbocycles. The van der Waals surface area contributed by atoms with Crippen molar-refractivity contribution in [2.24, 2.45) is 0 Å². The van der Waals surface area contributed by atoms with E-state index in [2.05, 4.69) is 11.0 Å². The van der Waals surface area contributed by atoms with E-state index in [1.54, 1.807) is 24.3 Å². The number of hydrogen-bond acceptors (Lipinski definition) is 3. The van der Waals surface area contributed by atoms with Crippen LogP contribution in [0.5, 0.6) is 0 Å². The van der Waals surface area contributed by atoms with Crippen molar-refractivity contribution < 1.29 is 4.79 Å². The smallest absolute Gasteiger partial charge is 0.254 e. The third kappa shape index (κ3) is 4.08. The summed E-state index contributed by atoms with van der Waals surface area (Å²) in [6, 6.07) is 8.99. The number of amides is 1. The van der Waals surface area contributed by atoms with Gasteiger partial charge >= 0.3 is 0 Å². The first-order valence-corrected chi connectivity index (χ1v) is 6.45. The molecule has 4 heteroatoms. The van der Waals surface area contributed by atoms with Crippen LogP contribution in [0.4, 0.5) is 0 Å². The fourth-order valence-electron chi connectivity index (χ4n) is 2.14. The highest BCUT2D eigenvalue weighted by molar-refractivity contribution is 5.94. The molecule has 1 unspecified atom stereocenters. The Labute approximate surface area is 115 Å². The van der Waals surface area contributed by atoms with Gasteiger partial charge in [0, 0.05) is 24.7 Å². The molecule has 102 valence electrons. The summed E-state index contributed by atoms with van der Waals surface area (Å²) in [6.45, 7) is 5.53. The minimum Gasteiger partial charge on any atom is -0.335 e. The second kappa shape index (κ2) is 6.91. The Hall–Kier alpha value is -1.86. The van der Waals surface area contributed by atoms with Gasteiger partial charge in [0.15, 0.2) is 0 Å². The molecule has 0 aliphatic heterocycles. The standard InChI is InChI=1S/C15H21N3O/c1-5-18(12(2)11-17(3)4)15(19)14-8-6-13(10-16)7-9-14/h6-9,12H,5,11H2,1-4H3. The third-order valence-electron chi connectivity index (χ3n) is 3.02. The van der Waals surface area contributed by atoms with Crippen LogP contribution < -0.4 is 0 Å². The highest BCUT2D eigenvalue weighted by atomic mass is 16.2. The van der Waals surface area contributed by atoms with Gasteiger partial charge in [0.2, 0.25) is 0 Å². The number of carbonyl (C=O) groups is 1. The first-order valence-electron chi connectivity index (χ1n) is 6.45. The number of rotatable bonds is 5. The molecule has 0 heterocycles. The Morgan fingerprint density at radius 1 is 1.32 bits per heavy atom. The van der Waals surface area contributed by atoms with Crippen LogP contribution in [-0.4, -0.2) is 48.9 Å². The fourth-order valence-corrected chi connectivity index (χ4v) is 2.14. The number of hydrogen-bond donors (Lipinski definition) is 0. The van der Waals surface area contributed by atoms with Gasteiger partial charge in [0.1, 0.15) is 0 Å². The van der Waals surface area contributed by atoms with E-state index in [1.807, 2.05) is 32.8 Å². The van der Waals surface area contributed by atoms with Crippen molar-refractivity contribution in [3.8, 4) is 6.07 Å². The Morgan fingerprint density at radius 2 is 1.89 bits per heavy atom. The zero-order chi connectivity index (χ0) is 14.4. The number of benzene rings is 1. The highest BCUT2D eigenvalue weighted by Gasteiger charge is 2.20. The lowest BCUT2D eigenvalue weighted by molar-refractivity contribution is 0.0679. The van der Waals surface area contributed by atoms with Gasteiger partial charge in [-0.25, -0.2) is 0 Å². The van der Waals surface area contributed by atoms with E-state index in [4.69, 9.17) is 5.26 Å². The summed E-state index contributed by atoms with van der Waals surface area (Å²) in [4.78, 5) is 16.3. The molecule has 0 aromatic heterocycles. The van der Waals surface area contributed by atoms with Crippen LogP contribution in [0.3, 0.4) is 0 Å². The number of carbonyl (C=O) groups excluding carboxylic acids is 1. The van der Waals surface area contributed by atoms with Crippen LogP contribution in [0.2, 0.25) is 0 Å². The van der Waals surface area contributed by atoms with Gasteiger partial charge in [-0.3, -0.25) is 4.79 Å². The first-order chi connectivity index (χ1) is 8.99. The van der Waals surface area contributed by atoms with Crippen LogP contribution in [0.25, 0.3) is 0 Å². The van der Waals surface area contributed by atoms with E-state index < -0.39 is 0 Å². The summed E-state index contributed by atoms with van der Waals surface area (Å²) in [7, 11) is 3.99. The van der Waals surface area contributed by atoms with Crippen molar-refractivity contribution in [1.29, 1.82) is 5.26 Å². The maximum absolute atomic E-state index is 12.4. The maximum Gasteiger partial charge on any atom is 0.254 e. The largest absolute Gasteiger partial charge is 0.335 e. The van der Waals surface area contributed by atoms with Gasteiger partial charge in [-0.1, -0.05) is 0 Å². The average molecular weight is 259 g/mol. The monoisotopic (exact) mass is 259 g/mol. The summed E-state index contributed by atoms with van der Waals surface area (Å²) in [5.74, 6) is 0.0151.